The first kappa shape index (κ1) is 32.8. The summed E-state index contributed by atoms with van der Waals surface area (Å²) in [5, 5.41) is 3.29. The van der Waals surface area contributed by atoms with Gasteiger partial charge < -0.3 is 30.3 Å². The van der Waals surface area contributed by atoms with Crippen LogP contribution in [0.2, 0.25) is 0 Å². The van der Waals surface area contributed by atoms with Crippen molar-refractivity contribution >= 4 is 23.8 Å². The van der Waals surface area contributed by atoms with Crippen molar-refractivity contribution in [1.82, 2.24) is 15.1 Å². The Morgan fingerprint density at radius 1 is 0.865 bits per heavy atom. The average molecular weight is 527 g/mol. The zero-order valence-corrected chi connectivity index (χ0v) is 24.1. The molecule has 10 nitrogen and oxygen atoms in total. The highest BCUT2D eigenvalue weighted by molar-refractivity contribution is 5.87. The normalized spacial score (nSPS) is 23.4. The van der Waals surface area contributed by atoms with Gasteiger partial charge in [-0.3, -0.25) is 19.2 Å². The SMILES string of the molecule is CCCNC1CCCC(C)(C)N(CC(=O)OCC)C1=O.CCOC(=O)CN1C(=O)C(N)CCCC1(C)C. The summed E-state index contributed by atoms with van der Waals surface area (Å²) in [5.41, 5.74) is 5.16. The Morgan fingerprint density at radius 2 is 1.32 bits per heavy atom. The first-order valence-electron chi connectivity index (χ1n) is 13.7. The Labute approximate surface area is 223 Å². The lowest BCUT2D eigenvalue weighted by molar-refractivity contribution is -0.153. The molecule has 0 bridgehead atoms. The molecule has 0 aromatic rings. The van der Waals surface area contributed by atoms with Gasteiger partial charge in [0.25, 0.3) is 0 Å². The fourth-order valence-corrected chi connectivity index (χ4v) is 4.76. The summed E-state index contributed by atoms with van der Waals surface area (Å²) in [7, 11) is 0. The van der Waals surface area contributed by atoms with Crippen molar-refractivity contribution in [2.75, 3.05) is 32.8 Å². The lowest BCUT2D eigenvalue weighted by atomic mass is 9.97. The average Bonchev–Trinajstić information content (AvgIpc) is 2.98. The maximum atomic E-state index is 12.7. The summed E-state index contributed by atoms with van der Waals surface area (Å²) in [6.07, 6.45) is 6.15. The number of hydrogen-bond donors (Lipinski definition) is 2. The lowest BCUT2D eigenvalue weighted by Gasteiger charge is -2.37. The molecule has 2 fully saturated rings. The first-order chi connectivity index (χ1) is 17.3. The second kappa shape index (κ2) is 15.3. The van der Waals surface area contributed by atoms with Crippen LogP contribution < -0.4 is 11.1 Å². The van der Waals surface area contributed by atoms with Gasteiger partial charge in [0.15, 0.2) is 0 Å². The number of nitrogens with one attached hydrogen (secondary N) is 1. The molecular weight excluding hydrogens is 476 g/mol. The third-order valence-corrected chi connectivity index (χ3v) is 7.02. The van der Waals surface area contributed by atoms with Crippen LogP contribution in [0.15, 0.2) is 0 Å². The van der Waals surface area contributed by atoms with Crippen LogP contribution in [0.4, 0.5) is 0 Å². The van der Waals surface area contributed by atoms with E-state index in [1.807, 2.05) is 27.7 Å². The van der Waals surface area contributed by atoms with Crippen molar-refractivity contribution in [1.29, 1.82) is 0 Å². The fraction of sp³-hybridized carbons (Fsp3) is 0.852. The van der Waals surface area contributed by atoms with E-state index in [0.29, 0.717) is 19.6 Å². The van der Waals surface area contributed by atoms with E-state index in [9.17, 15) is 19.2 Å². The molecule has 3 N–H and O–H groups in total. The topological polar surface area (TPSA) is 131 Å². The molecule has 2 atom stereocenters. The monoisotopic (exact) mass is 526 g/mol. The number of carbonyl (C=O) groups excluding carboxylic acids is 4. The van der Waals surface area contributed by atoms with Crippen molar-refractivity contribution in [3.05, 3.63) is 0 Å². The molecule has 2 unspecified atom stereocenters. The van der Waals surface area contributed by atoms with Crippen LogP contribution in [0.1, 0.15) is 93.4 Å². The van der Waals surface area contributed by atoms with Gasteiger partial charge in [0.2, 0.25) is 11.8 Å². The highest BCUT2D eigenvalue weighted by Gasteiger charge is 2.39. The van der Waals surface area contributed by atoms with Gasteiger partial charge in [-0.1, -0.05) is 6.92 Å². The van der Waals surface area contributed by atoms with Crippen LogP contribution in [0.3, 0.4) is 0 Å². The Bertz CT molecular complexity index is 770. The van der Waals surface area contributed by atoms with Gasteiger partial charge >= 0.3 is 11.9 Å². The molecule has 0 aromatic heterocycles. The molecule has 10 heteroatoms. The number of likely N-dealkylation sites (tertiary alicyclic amines) is 2. The summed E-state index contributed by atoms with van der Waals surface area (Å²) >= 11 is 0. The maximum Gasteiger partial charge on any atom is 0.325 e. The number of nitrogens with zero attached hydrogens (tertiary/aromatic N) is 2. The zero-order valence-electron chi connectivity index (χ0n) is 24.1. The molecule has 2 amide bonds. The second-order valence-corrected chi connectivity index (χ2v) is 11.0. The first-order valence-corrected chi connectivity index (χ1v) is 13.7. The van der Waals surface area contributed by atoms with Gasteiger partial charge in [0.1, 0.15) is 13.1 Å². The Balaban J connectivity index is 0.000000375. The van der Waals surface area contributed by atoms with Crippen LogP contribution in [-0.4, -0.2) is 89.6 Å². The van der Waals surface area contributed by atoms with Crippen LogP contribution in [-0.2, 0) is 28.7 Å². The molecule has 0 saturated carbocycles. The van der Waals surface area contributed by atoms with Gasteiger partial charge in [0.05, 0.1) is 25.3 Å². The van der Waals surface area contributed by atoms with Crippen LogP contribution in [0.25, 0.3) is 0 Å². The number of ether oxygens (including phenoxy) is 2. The van der Waals surface area contributed by atoms with E-state index in [-0.39, 0.29) is 54.0 Å². The number of nitrogens with two attached hydrogens (primary N) is 1. The van der Waals surface area contributed by atoms with Crippen LogP contribution >= 0.6 is 0 Å². The highest BCUT2D eigenvalue weighted by Crippen LogP contribution is 2.28. The predicted molar refractivity (Wildman–Crippen MR) is 143 cm³/mol. The van der Waals surface area contributed by atoms with Crippen molar-refractivity contribution in [3.63, 3.8) is 0 Å². The minimum Gasteiger partial charge on any atom is -0.465 e. The molecule has 2 saturated heterocycles. The molecule has 37 heavy (non-hydrogen) atoms. The van der Waals surface area contributed by atoms with Crippen LogP contribution in [0.5, 0.6) is 0 Å². The largest absolute Gasteiger partial charge is 0.465 e. The molecule has 0 aliphatic carbocycles. The Morgan fingerprint density at radius 3 is 1.78 bits per heavy atom. The number of hydrogen-bond acceptors (Lipinski definition) is 8. The molecule has 0 spiro atoms. The smallest absolute Gasteiger partial charge is 0.325 e. The number of amides is 2. The number of carbonyl (C=O) groups is 4. The molecule has 2 aliphatic rings. The molecule has 0 radical (unpaired) electrons. The Hall–Kier alpha value is -2.20. The van der Waals surface area contributed by atoms with Gasteiger partial charge in [-0.2, -0.15) is 0 Å². The van der Waals surface area contributed by atoms with E-state index in [2.05, 4.69) is 12.2 Å². The summed E-state index contributed by atoms with van der Waals surface area (Å²) in [5.74, 6) is -0.831. The van der Waals surface area contributed by atoms with Gasteiger partial charge in [-0.05, 0) is 93.0 Å². The van der Waals surface area contributed by atoms with E-state index < -0.39 is 6.04 Å². The van der Waals surface area contributed by atoms with Crippen LogP contribution in [0, 0.1) is 0 Å². The van der Waals surface area contributed by atoms with Gasteiger partial charge in [0, 0.05) is 11.1 Å². The lowest BCUT2D eigenvalue weighted by Crippen LogP contribution is -2.54. The van der Waals surface area contributed by atoms with Crippen molar-refractivity contribution in [2.24, 2.45) is 5.73 Å². The molecule has 214 valence electrons. The van der Waals surface area contributed by atoms with E-state index in [1.54, 1.807) is 23.6 Å². The summed E-state index contributed by atoms with van der Waals surface area (Å²) in [6.45, 7) is 15.1. The van der Waals surface area contributed by atoms with E-state index >= 15 is 0 Å². The minimum absolute atomic E-state index is 0.00657. The second-order valence-electron chi connectivity index (χ2n) is 11.0. The summed E-state index contributed by atoms with van der Waals surface area (Å²) in [6, 6.07) is -0.669. The van der Waals surface area contributed by atoms with E-state index in [1.165, 1.54) is 0 Å². The van der Waals surface area contributed by atoms with E-state index in [0.717, 1.165) is 45.1 Å². The third kappa shape index (κ3) is 10.2. The molecular formula is C27H50N4O6. The predicted octanol–water partition coefficient (Wildman–Crippen LogP) is 2.38. The van der Waals surface area contributed by atoms with E-state index in [4.69, 9.17) is 15.2 Å². The Kier molecular flexibility index (Phi) is 13.5. The standard InChI is InChI=1S/C15H28N2O3.C12H22N2O3/c1-5-10-16-12-8-7-9-15(3,4)17(14(12)19)11-13(18)20-6-2;1-4-17-10(15)8-14-11(16)9(13)6-5-7-12(14,2)3/h12,16H,5-11H2,1-4H3;9H,4-8,13H2,1-3H3. The third-order valence-electron chi connectivity index (χ3n) is 7.02. The molecule has 2 rings (SSSR count). The summed E-state index contributed by atoms with van der Waals surface area (Å²) in [4.78, 5) is 51.2. The van der Waals surface area contributed by atoms with Crippen molar-refractivity contribution in [3.8, 4) is 0 Å². The molecule has 2 aliphatic heterocycles. The molecule has 0 aromatic carbocycles. The quantitative estimate of drug-likeness (QED) is 0.438. The van der Waals surface area contributed by atoms with Gasteiger partial charge in [-0.25, -0.2) is 0 Å². The van der Waals surface area contributed by atoms with Crippen molar-refractivity contribution < 1.29 is 28.7 Å². The highest BCUT2D eigenvalue weighted by atomic mass is 16.5. The number of rotatable bonds is 9. The number of esters is 2. The van der Waals surface area contributed by atoms with Gasteiger partial charge in [-0.15, -0.1) is 0 Å². The van der Waals surface area contributed by atoms with Crippen molar-refractivity contribution in [2.45, 2.75) is 117 Å². The minimum atomic E-state index is -0.494. The fourth-order valence-electron chi connectivity index (χ4n) is 4.76. The summed E-state index contributed by atoms with van der Waals surface area (Å²) < 4.78 is 9.88. The maximum absolute atomic E-state index is 12.7. The zero-order chi connectivity index (χ0) is 28.2. The molecule has 2 heterocycles.